The van der Waals surface area contributed by atoms with E-state index in [0.29, 0.717) is 5.69 Å². The highest BCUT2D eigenvalue weighted by atomic mass is 16.5. The molecule has 1 amide bonds. The summed E-state index contributed by atoms with van der Waals surface area (Å²) in [6.07, 6.45) is 0.714. The summed E-state index contributed by atoms with van der Waals surface area (Å²) in [6.45, 7) is 0.122. The molecule has 1 unspecified atom stereocenters. The zero-order valence-corrected chi connectivity index (χ0v) is 15.8. The third kappa shape index (κ3) is 3.82. The summed E-state index contributed by atoms with van der Waals surface area (Å²) in [6, 6.07) is 14.9. The van der Waals surface area contributed by atoms with Gasteiger partial charge in [0.2, 0.25) is 0 Å². The van der Waals surface area contributed by atoms with Gasteiger partial charge in [0.25, 0.3) is 0 Å². The number of rotatable bonds is 6. The van der Waals surface area contributed by atoms with E-state index < -0.39 is 18.1 Å². The number of nitrogens with zero attached hydrogens (tertiary/aromatic N) is 3. The SMILES string of the molecule is Cn1ncc(CC(NC(=O)OCC2c3ccccc3-c3ccccc32)C(=O)O)n1. The molecule has 1 atom stereocenters. The van der Waals surface area contributed by atoms with E-state index >= 15 is 0 Å². The van der Waals surface area contributed by atoms with Crippen molar-refractivity contribution in [3.8, 4) is 11.1 Å². The number of benzene rings is 2. The van der Waals surface area contributed by atoms with Crippen molar-refractivity contribution in [2.45, 2.75) is 18.4 Å². The van der Waals surface area contributed by atoms with Crippen LogP contribution in [0.1, 0.15) is 22.7 Å². The number of fused-ring (bicyclic) bond motifs is 3. The van der Waals surface area contributed by atoms with Gasteiger partial charge in [-0.25, -0.2) is 9.59 Å². The molecular formula is C21H20N4O4. The molecular weight excluding hydrogens is 372 g/mol. The first-order valence-corrected chi connectivity index (χ1v) is 9.22. The van der Waals surface area contributed by atoms with Crippen molar-refractivity contribution in [1.82, 2.24) is 20.3 Å². The van der Waals surface area contributed by atoms with Gasteiger partial charge in [-0.2, -0.15) is 15.0 Å². The Morgan fingerprint density at radius 3 is 2.31 bits per heavy atom. The molecule has 29 heavy (non-hydrogen) atoms. The van der Waals surface area contributed by atoms with Crippen LogP contribution in [-0.2, 0) is 23.0 Å². The van der Waals surface area contributed by atoms with Crippen molar-refractivity contribution >= 4 is 12.1 Å². The van der Waals surface area contributed by atoms with E-state index in [2.05, 4.69) is 27.6 Å². The first-order chi connectivity index (χ1) is 14.0. The van der Waals surface area contributed by atoms with Crippen molar-refractivity contribution in [3.63, 3.8) is 0 Å². The lowest BCUT2D eigenvalue weighted by atomic mass is 9.98. The number of nitrogens with one attached hydrogen (secondary N) is 1. The second-order valence-corrected chi connectivity index (χ2v) is 6.89. The van der Waals surface area contributed by atoms with Crippen LogP contribution in [0.4, 0.5) is 4.79 Å². The van der Waals surface area contributed by atoms with E-state index in [4.69, 9.17) is 4.74 Å². The second kappa shape index (κ2) is 7.75. The molecule has 3 aromatic rings. The van der Waals surface area contributed by atoms with Crippen molar-refractivity contribution in [1.29, 1.82) is 0 Å². The van der Waals surface area contributed by atoms with E-state index in [0.717, 1.165) is 22.3 Å². The number of amides is 1. The smallest absolute Gasteiger partial charge is 0.407 e. The quantitative estimate of drug-likeness (QED) is 0.667. The van der Waals surface area contributed by atoms with Crippen molar-refractivity contribution in [2.24, 2.45) is 7.05 Å². The average Bonchev–Trinajstić information content (AvgIpc) is 3.27. The lowest BCUT2D eigenvalue weighted by Gasteiger charge is -2.17. The number of carbonyl (C=O) groups excluding carboxylic acids is 1. The first kappa shape index (κ1) is 18.7. The maximum atomic E-state index is 12.3. The minimum atomic E-state index is -1.16. The molecule has 8 heteroatoms. The van der Waals surface area contributed by atoms with Gasteiger partial charge in [0, 0.05) is 19.4 Å². The lowest BCUT2D eigenvalue weighted by Crippen LogP contribution is -2.43. The molecule has 0 fully saturated rings. The number of aromatic nitrogens is 3. The molecule has 4 rings (SSSR count). The van der Waals surface area contributed by atoms with Gasteiger partial charge in [-0.3, -0.25) is 0 Å². The highest BCUT2D eigenvalue weighted by Crippen LogP contribution is 2.44. The third-order valence-corrected chi connectivity index (χ3v) is 4.99. The molecule has 0 radical (unpaired) electrons. The number of carbonyl (C=O) groups is 2. The summed E-state index contributed by atoms with van der Waals surface area (Å²) >= 11 is 0. The Hall–Kier alpha value is -3.68. The summed E-state index contributed by atoms with van der Waals surface area (Å²) in [5, 5.41) is 19.8. The molecule has 2 aromatic carbocycles. The predicted molar refractivity (Wildman–Crippen MR) is 104 cm³/mol. The van der Waals surface area contributed by atoms with Gasteiger partial charge < -0.3 is 15.2 Å². The minimum Gasteiger partial charge on any atom is -0.480 e. The molecule has 2 N–H and O–H groups in total. The summed E-state index contributed by atoms with van der Waals surface area (Å²) < 4.78 is 5.41. The maximum Gasteiger partial charge on any atom is 0.407 e. The first-order valence-electron chi connectivity index (χ1n) is 9.22. The largest absolute Gasteiger partial charge is 0.480 e. The van der Waals surface area contributed by atoms with Gasteiger partial charge in [-0.15, -0.1) is 0 Å². The number of hydrogen-bond acceptors (Lipinski definition) is 5. The van der Waals surface area contributed by atoms with Crippen molar-refractivity contribution in [2.75, 3.05) is 6.61 Å². The van der Waals surface area contributed by atoms with Gasteiger partial charge in [0.15, 0.2) is 0 Å². The summed E-state index contributed by atoms with van der Waals surface area (Å²) in [7, 11) is 1.64. The molecule has 1 heterocycles. The number of ether oxygens (including phenoxy) is 1. The van der Waals surface area contributed by atoms with E-state index in [-0.39, 0.29) is 18.9 Å². The summed E-state index contributed by atoms with van der Waals surface area (Å²) in [4.78, 5) is 25.1. The van der Waals surface area contributed by atoms with Crippen LogP contribution in [0.25, 0.3) is 11.1 Å². The van der Waals surface area contributed by atoms with Crippen LogP contribution in [0.15, 0.2) is 54.7 Å². The van der Waals surface area contributed by atoms with Crippen LogP contribution >= 0.6 is 0 Å². The average molecular weight is 392 g/mol. The minimum absolute atomic E-state index is 0.0212. The lowest BCUT2D eigenvalue weighted by molar-refractivity contribution is -0.139. The van der Waals surface area contributed by atoms with Crippen molar-refractivity contribution < 1.29 is 19.4 Å². The van der Waals surface area contributed by atoms with Gasteiger partial charge in [-0.05, 0) is 22.3 Å². The summed E-state index contributed by atoms with van der Waals surface area (Å²) in [5.74, 6) is -1.25. The maximum absolute atomic E-state index is 12.3. The van der Waals surface area contributed by atoms with Gasteiger partial charge in [-0.1, -0.05) is 48.5 Å². The number of carboxylic acids is 1. The molecule has 0 bridgehead atoms. The zero-order chi connectivity index (χ0) is 20.4. The number of aliphatic carboxylic acids is 1. The van der Waals surface area contributed by atoms with Crippen LogP contribution in [-0.4, -0.2) is 44.8 Å². The van der Waals surface area contributed by atoms with E-state index in [9.17, 15) is 14.7 Å². The Bertz CT molecular complexity index is 1020. The fourth-order valence-electron chi connectivity index (χ4n) is 3.67. The predicted octanol–water partition coefficient (Wildman–Crippen LogP) is 2.35. The van der Waals surface area contributed by atoms with Crippen LogP contribution in [0.2, 0.25) is 0 Å². The number of aryl methyl sites for hydroxylation is 1. The Morgan fingerprint density at radius 2 is 1.76 bits per heavy atom. The zero-order valence-electron chi connectivity index (χ0n) is 15.8. The highest BCUT2D eigenvalue weighted by molar-refractivity contribution is 5.81. The molecule has 0 spiro atoms. The normalized spacial score (nSPS) is 13.4. The molecule has 1 aliphatic rings. The van der Waals surface area contributed by atoms with Crippen molar-refractivity contribution in [3.05, 3.63) is 71.5 Å². The van der Waals surface area contributed by atoms with E-state index in [1.807, 2.05) is 36.4 Å². The standard InChI is InChI=1S/C21H20N4O4/c1-25-22-11-13(24-25)10-19(20(26)27)23-21(28)29-12-18-16-8-4-2-6-14(16)15-7-3-5-9-17(15)18/h2-9,11,18-19H,10,12H2,1H3,(H,23,28)(H,26,27). The van der Waals surface area contributed by atoms with Crippen LogP contribution in [0.3, 0.4) is 0 Å². The molecule has 8 nitrogen and oxygen atoms in total. The molecule has 0 saturated carbocycles. The topological polar surface area (TPSA) is 106 Å². The van der Waals surface area contributed by atoms with Crippen LogP contribution in [0, 0.1) is 0 Å². The highest BCUT2D eigenvalue weighted by Gasteiger charge is 2.30. The second-order valence-electron chi connectivity index (χ2n) is 6.89. The molecule has 0 saturated heterocycles. The molecule has 0 aliphatic heterocycles. The summed E-state index contributed by atoms with van der Waals surface area (Å²) in [5.41, 5.74) is 4.91. The Morgan fingerprint density at radius 1 is 1.14 bits per heavy atom. The molecule has 1 aromatic heterocycles. The Kier molecular flexibility index (Phi) is 4.99. The van der Waals surface area contributed by atoms with Gasteiger partial charge in [0.05, 0.1) is 11.9 Å². The van der Waals surface area contributed by atoms with Gasteiger partial charge in [0.1, 0.15) is 12.6 Å². The van der Waals surface area contributed by atoms with Gasteiger partial charge >= 0.3 is 12.1 Å². The van der Waals surface area contributed by atoms with E-state index in [1.165, 1.54) is 11.0 Å². The van der Waals surface area contributed by atoms with Crippen LogP contribution < -0.4 is 5.32 Å². The molecule has 1 aliphatic carbocycles. The Balaban J connectivity index is 1.43. The Labute approximate surface area is 167 Å². The monoisotopic (exact) mass is 392 g/mol. The number of alkyl carbamates (subject to hydrolysis) is 1. The number of carboxylic acid groups (broad SMARTS) is 1. The van der Waals surface area contributed by atoms with E-state index in [1.54, 1.807) is 7.05 Å². The third-order valence-electron chi connectivity index (χ3n) is 4.99. The molecule has 148 valence electrons. The fourth-order valence-corrected chi connectivity index (χ4v) is 3.67. The van der Waals surface area contributed by atoms with Crippen LogP contribution in [0.5, 0.6) is 0 Å². The fraction of sp³-hybridized carbons (Fsp3) is 0.238. The number of hydrogen-bond donors (Lipinski definition) is 2.